The molecule has 0 saturated carbocycles. The van der Waals surface area contributed by atoms with Gasteiger partial charge in [-0.1, -0.05) is 87.5 Å². The summed E-state index contributed by atoms with van der Waals surface area (Å²) in [6.07, 6.45) is 0. The van der Waals surface area contributed by atoms with Crippen LogP contribution in [0.3, 0.4) is 0 Å². The molecule has 29 heavy (non-hydrogen) atoms. The van der Waals surface area contributed by atoms with Crippen LogP contribution in [0, 0.1) is 0 Å². The molecular weight excluding hydrogens is 352 g/mol. The Morgan fingerprint density at radius 2 is 1.17 bits per heavy atom. The van der Waals surface area contributed by atoms with Crippen molar-refractivity contribution in [3.05, 3.63) is 96.6 Å². The van der Waals surface area contributed by atoms with Crippen LogP contribution in [0.1, 0.15) is 26.3 Å². The van der Waals surface area contributed by atoms with E-state index < -0.39 is 0 Å². The molecule has 1 heteroatoms. The molecule has 1 nitrogen and oxygen atoms in total. The SMILES string of the molecule is CC(C)(C)c1cc(-c2ccccc2)cc(-c2ccc3c(c2)oc2ccccc23)c1. The van der Waals surface area contributed by atoms with E-state index in [0.29, 0.717) is 0 Å². The van der Waals surface area contributed by atoms with Crippen molar-refractivity contribution in [1.82, 2.24) is 0 Å². The molecule has 0 saturated heterocycles. The third kappa shape index (κ3) is 3.23. The van der Waals surface area contributed by atoms with Gasteiger partial charge in [-0.3, -0.25) is 0 Å². The second-order valence-electron chi connectivity index (χ2n) is 8.72. The molecule has 5 rings (SSSR count). The maximum atomic E-state index is 6.13. The molecule has 0 atom stereocenters. The molecule has 0 fully saturated rings. The van der Waals surface area contributed by atoms with Crippen molar-refractivity contribution < 1.29 is 4.42 Å². The maximum Gasteiger partial charge on any atom is 0.136 e. The van der Waals surface area contributed by atoms with Gasteiger partial charge in [0.05, 0.1) is 0 Å². The van der Waals surface area contributed by atoms with Gasteiger partial charge >= 0.3 is 0 Å². The van der Waals surface area contributed by atoms with Crippen molar-refractivity contribution in [3.8, 4) is 22.3 Å². The van der Waals surface area contributed by atoms with E-state index >= 15 is 0 Å². The van der Waals surface area contributed by atoms with Gasteiger partial charge in [0.15, 0.2) is 0 Å². The highest BCUT2D eigenvalue weighted by Gasteiger charge is 2.17. The average molecular weight is 376 g/mol. The van der Waals surface area contributed by atoms with Crippen molar-refractivity contribution in [1.29, 1.82) is 0 Å². The quantitative estimate of drug-likeness (QED) is 0.302. The molecule has 1 aromatic heterocycles. The summed E-state index contributed by atoms with van der Waals surface area (Å²) < 4.78 is 6.13. The summed E-state index contributed by atoms with van der Waals surface area (Å²) >= 11 is 0. The third-order valence-electron chi connectivity index (χ3n) is 5.62. The largest absolute Gasteiger partial charge is 0.456 e. The number of benzene rings is 4. The molecule has 0 N–H and O–H groups in total. The van der Waals surface area contributed by atoms with E-state index in [1.165, 1.54) is 38.6 Å². The molecule has 0 aliphatic rings. The van der Waals surface area contributed by atoms with Crippen molar-refractivity contribution in [2.75, 3.05) is 0 Å². The molecule has 4 aromatic carbocycles. The Balaban J connectivity index is 1.71. The van der Waals surface area contributed by atoms with E-state index in [1.54, 1.807) is 0 Å². The molecule has 0 aliphatic carbocycles. The highest BCUT2D eigenvalue weighted by atomic mass is 16.3. The first-order valence-corrected chi connectivity index (χ1v) is 10.1. The minimum absolute atomic E-state index is 0.0724. The van der Waals surface area contributed by atoms with Crippen LogP contribution in [0.5, 0.6) is 0 Å². The second kappa shape index (κ2) is 6.63. The standard InChI is InChI=1S/C28H24O/c1-28(2,3)23-16-21(19-9-5-4-6-10-19)15-22(17-23)20-13-14-25-24-11-7-8-12-26(24)29-27(25)18-20/h4-18H,1-3H3. The van der Waals surface area contributed by atoms with Crippen LogP contribution in [0.15, 0.2) is 95.4 Å². The Kier molecular flexibility index (Phi) is 4.06. The van der Waals surface area contributed by atoms with Gasteiger partial charge in [-0.2, -0.15) is 0 Å². The molecule has 0 radical (unpaired) electrons. The van der Waals surface area contributed by atoms with E-state index in [1.807, 2.05) is 12.1 Å². The lowest BCUT2D eigenvalue weighted by molar-refractivity contribution is 0.590. The highest BCUT2D eigenvalue weighted by molar-refractivity contribution is 6.05. The first kappa shape index (κ1) is 17.8. The van der Waals surface area contributed by atoms with Gasteiger partial charge in [-0.25, -0.2) is 0 Å². The topological polar surface area (TPSA) is 13.1 Å². The molecule has 142 valence electrons. The summed E-state index contributed by atoms with van der Waals surface area (Å²) in [5, 5.41) is 2.34. The van der Waals surface area contributed by atoms with E-state index in [4.69, 9.17) is 4.42 Å². The number of rotatable bonds is 2. The number of para-hydroxylation sites is 1. The van der Waals surface area contributed by atoms with E-state index in [2.05, 4.69) is 99.6 Å². The lowest BCUT2D eigenvalue weighted by Crippen LogP contribution is -2.11. The summed E-state index contributed by atoms with van der Waals surface area (Å²) in [6.45, 7) is 6.80. The fraction of sp³-hybridized carbons (Fsp3) is 0.143. The van der Waals surface area contributed by atoms with E-state index in [0.717, 1.165) is 11.2 Å². The Bertz CT molecular complexity index is 1320. The lowest BCUT2D eigenvalue weighted by Gasteiger charge is -2.21. The normalized spacial score (nSPS) is 12.0. The van der Waals surface area contributed by atoms with Gasteiger partial charge in [-0.05, 0) is 57.5 Å². The molecule has 0 aliphatic heterocycles. The van der Waals surface area contributed by atoms with Crippen molar-refractivity contribution in [3.63, 3.8) is 0 Å². The van der Waals surface area contributed by atoms with Crippen molar-refractivity contribution in [2.45, 2.75) is 26.2 Å². The van der Waals surface area contributed by atoms with Crippen LogP contribution < -0.4 is 0 Å². The Hall–Kier alpha value is -3.32. The lowest BCUT2D eigenvalue weighted by atomic mass is 9.83. The zero-order chi connectivity index (χ0) is 20.0. The van der Waals surface area contributed by atoms with Crippen molar-refractivity contribution >= 4 is 21.9 Å². The number of hydrogen-bond donors (Lipinski definition) is 0. The Morgan fingerprint density at radius 1 is 0.517 bits per heavy atom. The predicted molar refractivity (Wildman–Crippen MR) is 123 cm³/mol. The Labute approximate surface area is 171 Å². The van der Waals surface area contributed by atoms with Crippen LogP contribution in [0.25, 0.3) is 44.2 Å². The van der Waals surface area contributed by atoms with Crippen molar-refractivity contribution in [2.24, 2.45) is 0 Å². The fourth-order valence-electron chi connectivity index (χ4n) is 3.93. The van der Waals surface area contributed by atoms with E-state index in [9.17, 15) is 0 Å². The fourth-order valence-corrected chi connectivity index (χ4v) is 3.93. The summed E-state index contributed by atoms with van der Waals surface area (Å²) in [6, 6.07) is 32.3. The van der Waals surface area contributed by atoms with Crippen LogP contribution in [0.2, 0.25) is 0 Å². The van der Waals surface area contributed by atoms with Crippen LogP contribution in [-0.4, -0.2) is 0 Å². The summed E-state index contributed by atoms with van der Waals surface area (Å²) in [5.74, 6) is 0. The van der Waals surface area contributed by atoms with Gasteiger partial charge in [0.25, 0.3) is 0 Å². The average Bonchev–Trinajstić information content (AvgIpc) is 3.11. The van der Waals surface area contributed by atoms with Gasteiger partial charge < -0.3 is 4.42 Å². The first-order chi connectivity index (χ1) is 14.0. The number of fused-ring (bicyclic) bond motifs is 3. The summed E-state index contributed by atoms with van der Waals surface area (Å²) in [4.78, 5) is 0. The molecule has 1 heterocycles. The molecule has 0 unspecified atom stereocenters. The van der Waals surface area contributed by atoms with Gasteiger partial charge in [0.1, 0.15) is 11.2 Å². The molecule has 5 aromatic rings. The van der Waals surface area contributed by atoms with E-state index in [-0.39, 0.29) is 5.41 Å². The third-order valence-corrected chi connectivity index (χ3v) is 5.62. The zero-order valence-electron chi connectivity index (χ0n) is 17.1. The van der Waals surface area contributed by atoms with Crippen LogP contribution >= 0.6 is 0 Å². The van der Waals surface area contributed by atoms with Crippen LogP contribution in [0.4, 0.5) is 0 Å². The summed E-state index contributed by atoms with van der Waals surface area (Å²) in [5.41, 5.74) is 8.17. The molecule has 0 spiro atoms. The first-order valence-electron chi connectivity index (χ1n) is 10.1. The minimum Gasteiger partial charge on any atom is -0.456 e. The second-order valence-corrected chi connectivity index (χ2v) is 8.72. The molecular formula is C28H24O. The van der Waals surface area contributed by atoms with Crippen LogP contribution in [-0.2, 0) is 5.41 Å². The number of hydrogen-bond acceptors (Lipinski definition) is 1. The monoisotopic (exact) mass is 376 g/mol. The Morgan fingerprint density at radius 3 is 1.93 bits per heavy atom. The summed E-state index contributed by atoms with van der Waals surface area (Å²) in [7, 11) is 0. The maximum absolute atomic E-state index is 6.13. The zero-order valence-corrected chi connectivity index (χ0v) is 17.1. The van der Waals surface area contributed by atoms with Gasteiger partial charge in [0.2, 0.25) is 0 Å². The minimum atomic E-state index is 0.0724. The molecule has 0 bridgehead atoms. The predicted octanol–water partition coefficient (Wildman–Crippen LogP) is 8.22. The smallest absolute Gasteiger partial charge is 0.136 e. The highest BCUT2D eigenvalue weighted by Crippen LogP contribution is 2.36. The molecule has 0 amide bonds. The van der Waals surface area contributed by atoms with Gasteiger partial charge in [0, 0.05) is 10.8 Å². The van der Waals surface area contributed by atoms with Gasteiger partial charge in [-0.15, -0.1) is 0 Å². The number of furan rings is 1.